The average molecular weight is 862 g/mol. The Labute approximate surface area is 311 Å². The number of hydrogen-bond acceptors (Lipinski definition) is 0. The van der Waals surface area contributed by atoms with Gasteiger partial charge in [-0.05, 0) is 0 Å². The van der Waals surface area contributed by atoms with Gasteiger partial charge in [-0.2, -0.15) is 0 Å². The summed E-state index contributed by atoms with van der Waals surface area (Å²) in [5, 5.41) is 5.26. The summed E-state index contributed by atoms with van der Waals surface area (Å²) in [6.45, 7) is 14.2. The molecule has 3 heteroatoms. The van der Waals surface area contributed by atoms with Gasteiger partial charge in [0, 0.05) is 0 Å². The minimum absolute atomic E-state index is 0. The van der Waals surface area contributed by atoms with Gasteiger partial charge >= 0.3 is 289 Å². The molecule has 8 rings (SSSR count). The van der Waals surface area contributed by atoms with Gasteiger partial charge < -0.3 is 0 Å². The van der Waals surface area contributed by atoms with E-state index in [1.54, 1.807) is 3.32 Å². The molecular formula is C47H48Cl2Hf. The van der Waals surface area contributed by atoms with Crippen LogP contribution in [-0.2, 0) is 35.3 Å². The fourth-order valence-corrected chi connectivity index (χ4v) is 35.7. The van der Waals surface area contributed by atoms with E-state index in [2.05, 4.69) is 175 Å². The molecule has 0 unspecified atom stereocenters. The second-order valence-electron chi connectivity index (χ2n) is 16.4. The van der Waals surface area contributed by atoms with E-state index in [0.717, 1.165) is 12.8 Å². The van der Waals surface area contributed by atoms with Gasteiger partial charge in [-0.15, -0.1) is 24.8 Å². The van der Waals surface area contributed by atoms with Crippen molar-refractivity contribution in [3.05, 3.63) is 159 Å². The normalized spacial score (nSPS) is 14.2. The molecular weight excluding hydrogens is 814 g/mol. The van der Waals surface area contributed by atoms with E-state index in [0.29, 0.717) is 0 Å². The van der Waals surface area contributed by atoms with Crippen LogP contribution in [0.15, 0.2) is 137 Å². The monoisotopic (exact) mass is 862 g/mol. The van der Waals surface area contributed by atoms with Crippen LogP contribution in [0.5, 0.6) is 0 Å². The zero-order valence-corrected chi connectivity index (χ0v) is 35.4. The summed E-state index contributed by atoms with van der Waals surface area (Å²) in [6, 6.07) is 44.4. The van der Waals surface area contributed by atoms with Crippen molar-refractivity contribution in [2.45, 2.75) is 65.2 Å². The maximum atomic E-state index is 5.98. The summed E-state index contributed by atoms with van der Waals surface area (Å²) in [4.78, 5) is 0. The van der Waals surface area contributed by atoms with Crippen LogP contribution in [0.4, 0.5) is 0 Å². The zero-order valence-electron chi connectivity index (χ0n) is 30.1. The van der Waals surface area contributed by atoms with E-state index in [1.165, 1.54) is 64.9 Å². The number of halogens is 2. The Kier molecular flexibility index (Phi) is 9.25. The van der Waals surface area contributed by atoms with Gasteiger partial charge in [0.2, 0.25) is 0 Å². The predicted molar refractivity (Wildman–Crippen MR) is 222 cm³/mol. The third-order valence-electron chi connectivity index (χ3n) is 11.5. The first-order valence-electron chi connectivity index (χ1n) is 17.6. The predicted octanol–water partition coefficient (Wildman–Crippen LogP) is 11.2. The van der Waals surface area contributed by atoms with Gasteiger partial charge in [0.15, 0.2) is 0 Å². The van der Waals surface area contributed by atoms with Crippen molar-refractivity contribution in [2.75, 3.05) is 0 Å². The third-order valence-corrected chi connectivity index (χ3v) is 35.7. The van der Waals surface area contributed by atoms with Gasteiger partial charge in [0.25, 0.3) is 0 Å². The van der Waals surface area contributed by atoms with Crippen LogP contribution < -0.4 is 9.96 Å². The molecule has 254 valence electrons. The van der Waals surface area contributed by atoms with E-state index in [1.807, 2.05) is 0 Å². The quantitative estimate of drug-likeness (QED) is 0.155. The third kappa shape index (κ3) is 5.22. The van der Waals surface area contributed by atoms with Gasteiger partial charge in [-0.25, -0.2) is 0 Å². The SMILES string of the molecule is Cl.Cl.[CH2]=[Hf]([C]1=CC=CC1)([c]1c(C(C)(C)C)ccc2c1Cc1cc(C(C)(C)C)ccc1-2)([c]1cccc2ccccc12)[c]1cccc2ccccc12. The second-order valence-corrected chi connectivity index (χ2v) is 34.8. The van der Waals surface area contributed by atoms with Crippen molar-refractivity contribution >= 4 is 60.6 Å². The molecule has 0 atom stereocenters. The van der Waals surface area contributed by atoms with Gasteiger partial charge in [-0.1, -0.05) is 0 Å². The van der Waals surface area contributed by atoms with Crippen molar-refractivity contribution in [3.8, 4) is 11.1 Å². The fourth-order valence-electron chi connectivity index (χ4n) is 9.19. The summed E-state index contributed by atoms with van der Waals surface area (Å²) in [6.07, 6.45) is 9.01. The second kappa shape index (κ2) is 12.7. The van der Waals surface area contributed by atoms with Gasteiger partial charge in [0.05, 0.1) is 0 Å². The summed E-state index contributed by atoms with van der Waals surface area (Å²) >= 11 is -5.35. The number of rotatable bonds is 4. The Morgan fingerprint density at radius 2 is 1.16 bits per heavy atom. The minimum atomic E-state index is -5.35. The zero-order chi connectivity index (χ0) is 33.5. The maximum absolute atomic E-state index is 5.98. The molecule has 0 heterocycles. The molecule has 0 saturated heterocycles. The van der Waals surface area contributed by atoms with Crippen LogP contribution in [0.2, 0.25) is 0 Å². The molecule has 6 aromatic rings. The van der Waals surface area contributed by atoms with Crippen LogP contribution in [0, 0.1) is 0 Å². The topological polar surface area (TPSA) is 0 Å². The van der Waals surface area contributed by atoms with Gasteiger partial charge in [-0.3, -0.25) is 0 Å². The number of benzene rings is 6. The van der Waals surface area contributed by atoms with Crippen LogP contribution in [0.3, 0.4) is 0 Å². The molecule has 0 nitrogen and oxygen atoms in total. The molecule has 6 aromatic carbocycles. The van der Waals surface area contributed by atoms with Crippen molar-refractivity contribution < 1.29 is 18.0 Å². The first-order chi connectivity index (χ1) is 22.9. The molecule has 0 spiro atoms. The van der Waals surface area contributed by atoms with E-state index >= 15 is 0 Å². The van der Waals surface area contributed by atoms with E-state index < -0.39 is 18.0 Å². The van der Waals surface area contributed by atoms with Crippen molar-refractivity contribution in [2.24, 2.45) is 0 Å². The first kappa shape index (κ1) is 36.4. The Bertz CT molecular complexity index is 2330. The summed E-state index contributed by atoms with van der Waals surface area (Å²) in [5.41, 5.74) is 8.58. The average Bonchev–Trinajstić information content (AvgIpc) is 3.75. The summed E-state index contributed by atoms with van der Waals surface area (Å²) in [7, 11) is 0. The van der Waals surface area contributed by atoms with Crippen LogP contribution in [0.25, 0.3) is 32.7 Å². The molecule has 0 N–H and O–H groups in total. The molecule has 0 aliphatic heterocycles. The van der Waals surface area contributed by atoms with Crippen LogP contribution in [0.1, 0.15) is 70.2 Å². The number of allylic oxidation sites excluding steroid dienone is 4. The van der Waals surface area contributed by atoms with E-state index in [-0.39, 0.29) is 35.6 Å². The van der Waals surface area contributed by atoms with Crippen LogP contribution >= 0.6 is 24.8 Å². The molecule has 0 bridgehead atoms. The van der Waals surface area contributed by atoms with Crippen molar-refractivity contribution in [3.63, 3.8) is 0 Å². The van der Waals surface area contributed by atoms with E-state index in [4.69, 9.17) is 4.26 Å². The fraction of sp³-hybridized carbons (Fsp3) is 0.213. The Morgan fingerprint density at radius 3 is 1.70 bits per heavy atom. The molecule has 50 heavy (non-hydrogen) atoms. The molecule has 2 aliphatic carbocycles. The standard InChI is InChI=1S/C21H25.2C10H7.C5H5.CH2.2ClH.Hf/c1-20(2,3)16-7-9-18-14(12-16)11-15-13-17(21(4,5)6)8-10-19(15)18;2*1-2-6-10-8-4-3-7-9(10)5-1;1-2-4-5-3-1;;;;/h7-10,12H,11H2,1-6H3;2*1-7H;1-3H,4H2;1H2;2*1H;. The Balaban J connectivity index is 0.00000216. The molecule has 0 amide bonds. The molecule has 0 aromatic heterocycles. The molecule has 0 fully saturated rings. The summed E-state index contributed by atoms with van der Waals surface area (Å²) in [5.74, 6) is 0. The van der Waals surface area contributed by atoms with Crippen molar-refractivity contribution in [1.29, 1.82) is 0 Å². The van der Waals surface area contributed by atoms with Crippen LogP contribution in [-0.4, -0.2) is 4.26 Å². The number of fused-ring (bicyclic) bond motifs is 5. The van der Waals surface area contributed by atoms with Crippen molar-refractivity contribution in [1.82, 2.24) is 0 Å². The summed E-state index contributed by atoms with van der Waals surface area (Å²) < 4.78 is 12.0. The Morgan fingerprint density at radius 1 is 0.600 bits per heavy atom. The molecule has 2 aliphatic rings. The molecule has 0 radical (unpaired) electrons. The van der Waals surface area contributed by atoms with E-state index in [9.17, 15) is 0 Å². The first-order valence-corrected chi connectivity index (χ1v) is 27.3. The number of hydrogen-bond donors (Lipinski definition) is 0. The van der Waals surface area contributed by atoms with Gasteiger partial charge in [0.1, 0.15) is 0 Å². The Hall–Kier alpha value is -3.36. The molecule has 0 saturated carbocycles.